The molecule has 0 spiro atoms. The summed E-state index contributed by atoms with van der Waals surface area (Å²) in [6.07, 6.45) is 4.41. The van der Waals surface area contributed by atoms with E-state index in [4.69, 9.17) is 0 Å². The number of hydrogen-bond donors (Lipinski definition) is 0. The molecule has 0 aromatic carbocycles. The quantitative estimate of drug-likeness (QED) is 0.670. The number of hydrogen-bond acceptors (Lipinski definition) is 1. The summed E-state index contributed by atoms with van der Waals surface area (Å²) in [7, 11) is 0. The molecule has 0 amide bonds. The highest BCUT2D eigenvalue weighted by Crippen LogP contribution is 2.66. The van der Waals surface area contributed by atoms with Crippen molar-refractivity contribution in [3.63, 3.8) is 0 Å². The highest BCUT2D eigenvalue weighted by Gasteiger charge is 2.66. The molecule has 0 aliphatic heterocycles. The second-order valence-electron chi connectivity index (χ2n) is 5.56. The lowest BCUT2D eigenvalue weighted by Gasteiger charge is -2.21. The minimum atomic E-state index is 0.0980. The van der Waals surface area contributed by atoms with E-state index in [1.807, 2.05) is 0 Å². The first-order valence-corrected chi connectivity index (χ1v) is 6.08. The van der Waals surface area contributed by atoms with Crippen LogP contribution in [0.1, 0.15) is 53.4 Å². The van der Waals surface area contributed by atoms with E-state index in [-0.39, 0.29) is 10.8 Å². The van der Waals surface area contributed by atoms with Crippen molar-refractivity contribution >= 4 is 5.78 Å². The molecule has 0 aromatic rings. The third-order valence-electron chi connectivity index (χ3n) is 5.07. The lowest BCUT2D eigenvalue weighted by atomic mass is 9.81. The van der Waals surface area contributed by atoms with Gasteiger partial charge in [0, 0.05) is 10.8 Å². The van der Waals surface area contributed by atoms with E-state index in [9.17, 15) is 4.79 Å². The van der Waals surface area contributed by atoms with Crippen LogP contribution >= 0.6 is 0 Å². The van der Waals surface area contributed by atoms with Gasteiger partial charge in [0.2, 0.25) is 0 Å². The van der Waals surface area contributed by atoms with Crippen LogP contribution in [-0.2, 0) is 4.79 Å². The van der Waals surface area contributed by atoms with Crippen LogP contribution in [0.25, 0.3) is 0 Å². The van der Waals surface area contributed by atoms with E-state index in [0.29, 0.717) is 17.6 Å². The molecule has 0 N–H and O–H groups in total. The van der Waals surface area contributed by atoms with Crippen molar-refractivity contribution in [2.45, 2.75) is 53.4 Å². The van der Waals surface area contributed by atoms with Crippen molar-refractivity contribution in [1.82, 2.24) is 0 Å². The minimum Gasteiger partial charge on any atom is -0.298 e. The third-order valence-corrected chi connectivity index (χ3v) is 5.07. The Bertz CT molecular complexity index is 236. The normalized spacial score (nSPS) is 50.3. The Labute approximate surface area is 87.3 Å². The highest BCUT2D eigenvalue weighted by molar-refractivity contribution is 5.95. The number of rotatable bonds is 4. The molecular formula is C13H22O. The monoisotopic (exact) mass is 194 g/mol. The van der Waals surface area contributed by atoms with Gasteiger partial charge >= 0.3 is 0 Å². The average Bonchev–Trinajstić information content (AvgIpc) is 3.03. The van der Waals surface area contributed by atoms with E-state index in [2.05, 4.69) is 27.7 Å². The molecular weight excluding hydrogens is 172 g/mol. The zero-order valence-electron chi connectivity index (χ0n) is 9.89. The van der Waals surface area contributed by atoms with Gasteiger partial charge in [-0.15, -0.1) is 0 Å². The van der Waals surface area contributed by atoms with Gasteiger partial charge in [0.25, 0.3) is 0 Å². The van der Waals surface area contributed by atoms with Crippen LogP contribution in [0.4, 0.5) is 0 Å². The van der Waals surface area contributed by atoms with Crippen LogP contribution in [0, 0.1) is 22.7 Å². The maximum atomic E-state index is 12.5. The number of ketones is 1. The van der Waals surface area contributed by atoms with Gasteiger partial charge in [-0.2, -0.15) is 0 Å². The van der Waals surface area contributed by atoms with Crippen molar-refractivity contribution in [3.8, 4) is 0 Å². The summed E-state index contributed by atoms with van der Waals surface area (Å²) in [6, 6.07) is 0. The Kier molecular flexibility index (Phi) is 2.06. The molecule has 2 rings (SSSR count). The largest absolute Gasteiger partial charge is 0.298 e. The third kappa shape index (κ3) is 1.04. The van der Waals surface area contributed by atoms with Crippen molar-refractivity contribution in [1.29, 1.82) is 0 Å². The van der Waals surface area contributed by atoms with Crippen molar-refractivity contribution in [3.05, 3.63) is 0 Å². The van der Waals surface area contributed by atoms with E-state index < -0.39 is 0 Å². The molecule has 4 unspecified atom stereocenters. The molecule has 2 saturated carbocycles. The smallest absolute Gasteiger partial charge is 0.145 e. The molecule has 2 aliphatic rings. The summed E-state index contributed by atoms with van der Waals surface area (Å²) in [6.45, 7) is 8.82. The van der Waals surface area contributed by atoms with Crippen LogP contribution in [0.15, 0.2) is 0 Å². The predicted molar refractivity (Wildman–Crippen MR) is 58.0 cm³/mol. The predicted octanol–water partition coefficient (Wildman–Crippen LogP) is 3.43. The van der Waals surface area contributed by atoms with Gasteiger partial charge in [0.15, 0.2) is 0 Å². The zero-order chi connectivity index (χ0) is 10.6. The fraction of sp³-hybridized carbons (Fsp3) is 0.923. The lowest BCUT2D eigenvalue weighted by Crippen LogP contribution is -2.28. The van der Waals surface area contributed by atoms with Crippen LogP contribution in [0.3, 0.4) is 0 Å². The van der Waals surface area contributed by atoms with Crippen LogP contribution in [0.5, 0.6) is 0 Å². The Morgan fingerprint density at radius 2 is 1.36 bits per heavy atom. The first kappa shape index (κ1) is 10.2. The second-order valence-corrected chi connectivity index (χ2v) is 5.56. The van der Waals surface area contributed by atoms with Crippen LogP contribution in [0.2, 0.25) is 0 Å². The van der Waals surface area contributed by atoms with Crippen LogP contribution in [-0.4, -0.2) is 5.78 Å². The highest BCUT2D eigenvalue weighted by atomic mass is 16.1. The minimum absolute atomic E-state index is 0.0980. The van der Waals surface area contributed by atoms with Gasteiger partial charge in [-0.05, 0) is 37.5 Å². The van der Waals surface area contributed by atoms with E-state index in [1.165, 1.54) is 0 Å². The first-order chi connectivity index (χ1) is 6.53. The Morgan fingerprint density at radius 3 is 1.50 bits per heavy atom. The summed E-state index contributed by atoms with van der Waals surface area (Å²) in [5.41, 5.74) is 0.196. The summed E-state index contributed by atoms with van der Waals surface area (Å²) in [5, 5.41) is 0. The second kappa shape index (κ2) is 2.84. The fourth-order valence-corrected chi connectivity index (χ4v) is 3.41. The summed E-state index contributed by atoms with van der Waals surface area (Å²) in [4.78, 5) is 12.5. The molecule has 4 atom stereocenters. The van der Waals surface area contributed by atoms with Crippen molar-refractivity contribution in [2.24, 2.45) is 22.7 Å². The molecule has 0 bridgehead atoms. The maximum Gasteiger partial charge on any atom is 0.145 e. The van der Waals surface area contributed by atoms with Gasteiger partial charge in [-0.25, -0.2) is 0 Å². The van der Waals surface area contributed by atoms with E-state index in [1.54, 1.807) is 0 Å². The Hall–Kier alpha value is -0.330. The lowest BCUT2D eigenvalue weighted by molar-refractivity contribution is -0.130. The molecule has 0 aromatic heterocycles. The summed E-state index contributed by atoms with van der Waals surface area (Å²) in [5.74, 6) is 1.91. The van der Waals surface area contributed by atoms with Crippen molar-refractivity contribution in [2.75, 3.05) is 0 Å². The van der Waals surface area contributed by atoms with Gasteiger partial charge in [0.1, 0.15) is 5.78 Å². The molecule has 0 heterocycles. The molecule has 2 aliphatic carbocycles. The standard InChI is InChI=1S/C13H22O/c1-5-12(7-9(12)3)11(14)13(6-2)8-10(13)4/h9-10H,5-8H2,1-4H3. The molecule has 14 heavy (non-hydrogen) atoms. The van der Waals surface area contributed by atoms with Gasteiger partial charge in [0.05, 0.1) is 0 Å². The van der Waals surface area contributed by atoms with Gasteiger partial charge in [-0.1, -0.05) is 27.7 Å². The maximum absolute atomic E-state index is 12.5. The number of carbonyl (C=O) groups excluding carboxylic acids is 1. The Balaban J connectivity index is 2.17. The zero-order valence-corrected chi connectivity index (χ0v) is 9.89. The average molecular weight is 194 g/mol. The molecule has 1 nitrogen and oxygen atoms in total. The van der Waals surface area contributed by atoms with E-state index >= 15 is 0 Å². The molecule has 1 heteroatoms. The molecule has 2 fully saturated rings. The molecule has 80 valence electrons. The topological polar surface area (TPSA) is 17.1 Å². The Morgan fingerprint density at radius 1 is 1.07 bits per heavy atom. The summed E-state index contributed by atoms with van der Waals surface area (Å²) < 4.78 is 0. The summed E-state index contributed by atoms with van der Waals surface area (Å²) >= 11 is 0. The van der Waals surface area contributed by atoms with E-state index in [0.717, 1.165) is 25.7 Å². The number of Topliss-reactive ketones (excluding diaryl/α,β-unsaturated/α-hetero) is 1. The number of carbonyl (C=O) groups is 1. The van der Waals surface area contributed by atoms with Gasteiger partial charge in [-0.3, -0.25) is 4.79 Å². The molecule has 0 saturated heterocycles. The van der Waals surface area contributed by atoms with Crippen LogP contribution < -0.4 is 0 Å². The first-order valence-electron chi connectivity index (χ1n) is 6.08. The van der Waals surface area contributed by atoms with Crippen molar-refractivity contribution < 1.29 is 4.79 Å². The SMILES string of the molecule is CCC1(C(=O)C2(CC)CC2C)CC1C. The van der Waals surface area contributed by atoms with Gasteiger partial charge < -0.3 is 0 Å². The molecule has 0 radical (unpaired) electrons. The fourth-order valence-electron chi connectivity index (χ4n) is 3.41.